The normalized spacial score (nSPS) is 32.0. The van der Waals surface area contributed by atoms with Gasteiger partial charge in [-0.05, 0) is 31.9 Å². The van der Waals surface area contributed by atoms with E-state index in [-0.39, 0.29) is 11.9 Å². The summed E-state index contributed by atoms with van der Waals surface area (Å²) in [5, 5.41) is 3.45. The summed E-state index contributed by atoms with van der Waals surface area (Å²) < 4.78 is 5.54. The van der Waals surface area contributed by atoms with Crippen molar-refractivity contribution in [3.05, 3.63) is 28.2 Å². The highest BCUT2D eigenvalue weighted by molar-refractivity contribution is 6.39. The molecule has 2 fully saturated rings. The fourth-order valence-corrected chi connectivity index (χ4v) is 4.07. The number of carbonyl (C=O) groups excluding carboxylic acids is 2. The van der Waals surface area contributed by atoms with Gasteiger partial charge in [-0.3, -0.25) is 9.59 Å². The zero-order chi connectivity index (χ0) is 16.3. The van der Waals surface area contributed by atoms with Crippen LogP contribution in [0.15, 0.2) is 18.2 Å². The Morgan fingerprint density at radius 1 is 1.18 bits per heavy atom. The molecule has 2 unspecified atom stereocenters. The van der Waals surface area contributed by atoms with Crippen LogP contribution in [0.4, 0.5) is 5.69 Å². The summed E-state index contributed by atoms with van der Waals surface area (Å²) in [6.07, 6.45) is 1.12. The molecule has 0 spiro atoms. The van der Waals surface area contributed by atoms with Crippen molar-refractivity contribution in [2.24, 2.45) is 10.8 Å². The second kappa shape index (κ2) is 4.62. The number of fused-ring (bicyclic) bond motifs is 2. The van der Waals surface area contributed by atoms with E-state index in [9.17, 15) is 9.59 Å². The first-order valence-corrected chi connectivity index (χ1v) is 7.90. The van der Waals surface area contributed by atoms with Crippen molar-refractivity contribution in [1.29, 1.82) is 0 Å². The number of para-hydroxylation sites is 1. The highest BCUT2D eigenvalue weighted by Crippen LogP contribution is 2.65. The Morgan fingerprint density at radius 3 is 2.23 bits per heavy atom. The Morgan fingerprint density at radius 2 is 1.77 bits per heavy atom. The van der Waals surface area contributed by atoms with E-state index >= 15 is 0 Å². The molecule has 1 aromatic rings. The predicted molar refractivity (Wildman–Crippen MR) is 85.0 cm³/mol. The molecular formula is C16H17Cl2NO3. The van der Waals surface area contributed by atoms with E-state index in [0.717, 1.165) is 0 Å². The molecule has 0 radical (unpaired) electrons. The van der Waals surface area contributed by atoms with Crippen molar-refractivity contribution in [2.75, 3.05) is 5.32 Å². The monoisotopic (exact) mass is 341 g/mol. The number of benzene rings is 1. The van der Waals surface area contributed by atoms with Gasteiger partial charge in [-0.1, -0.05) is 43.1 Å². The number of nitrogens with one attached hydrogen (secondary N) is 1. The molecule has 3 rings (SSSR count). The maximum absolute atomic E-state index is 12.9. The second-order valence-electron chi connectivity index (χ2n) is 6.72. The Labute approximate surface area is 139 Å². The molecule has 1 aromatic carbocycles. The molecule has 2 atom stereocenters. The van der Waals surface area contributed by atoms with Crippen LogP contribution in [-0.4, -0.2) is 17.5 Å². The zero-order valence-electron chi connectivity index (χ0n) is 12.6. The van der Waals surface area contributed by atoms with Gasteiger partial charge in [-0.25, -0.2) is 0 Å². The Bertz CT molecular complexity index is 668. The third-order valence-corrected chi connectivity index (χ3v) is 6.28. The largest absolute Gasteiger partial charge is 0.448 e. The molecule has 1 N–H and O–H groups in total. The predicted octanol–water partition coefficient (Wildman–Crippen LogP) is 4.05. The fraction of sp³-hybridized carbons (Fsp3) is 0.500. The van der Waals surface area contributed by atoms with E-state index in [2.05, 4.69) is 5.32 Å². The topological polar surface area (TPSA) is 55.4 Å². The standard InChI is InChI=1S/C16H17Cl2NO3/c1-14(2)15(3)7-8-16(14,22-13(15)21)12(20)19-11-9(17)5-4-6-10(11)18/h4-6H,7-8H2,1-3H3,(H,19,20). The minimum absolute atomic E-state index is 0.316. The van der Waals surface area contributed by atoms with Crippen molar-refractivity contribution < 1.29 is 14.3 Å². The van der Waals surface area contributed by atoms with Crippen LogP contribution in [0, 0.1) is 10.8 Å². The van der Waals surface area contributed by atoms with Crippen LogP contribution in [0.1, 0.15) is 33.6 Å². The van der Waals surface area contributed by atoms with E-state index < -0.39 is 16.4 Å². The summed E-state index contributed by atoms with van der Waals surface area (Å²) >= 11 is 12.2. The van der Waals surface area contributed by atoms with E-state index in [1.807, 2.05) is 20.8 Å². The molecule has 118 valence electrons. The van der Waals surface area contributed by atoms with Crippen LogP contribution in [0.5, 0.6) is 0 Å². The highest BCUT2D eigenvalue weighted by Gasteiger charge is 2.75. The maximum atomic E-state index is 12.9. The van der Waals surface area contributed by atoms with Crippen LogP contribution in [-0.2, 0) is 14.3 Å². The van der Waals surface area contributed by atoms with Crippen LogP contribution in [0.2, 0.25) is 10.0 Å². The number of hydrogen-bond acceptors (Lipinski definition) is 3. The Hall–Kier alpha value is -1.26. The quantitative estimate of drug-likeness (QED) is 0.825. The van der Waals surface area contributed by atoms with Crippen LogP contribution >= 0.6 is 23.2 Å². The van der Waals surface area contributed by atoms with Crippen LogP contribution in [0.25, 0.3) is 0 Å². The second-order valence-corrected chi connectivity index (χ2v) is 7.54. The lowest BCUT2D eigenvalue weighted by molar-refractivity contribution is -0.165. The lowest BCUT2D eigenvalue weighted by Gasteiger charge is -2.35. The molecule has 1 saturated carbocycles. The van der Waals surface area contributed by atoms with Crippen molar-refractivity contribution in [3.8, 4) is 0 Å². The smallest absolute Gasteiger partial charge is 0.313 e. The van der Waals surface area contributed by atoms with Gasteiger partial charge in [0.25, 0.3) is 5.91 Å². The molecule has 6 heteroatoms. The molecule has 1 amide bonds. The van der Waals surface area contributed by atoms with E-state index in [0.29, 0.717) is 28.6 Å². The number of amides is 1. The molecule has 22 heavy (non-hydrogen) atoms. The first kappa shape index (κ1) is 15.6. The summed E-state index contributed by atoms with van der Waals surface area (Å²) in [5.41, 5.74) is -2.08. The summed E-state index contributed by atoms with van der Waals surface area (Å²) in [6.45, 7) is 5.66. The van der Waals surface area contributed by atoms with Gasteiger partial charge in [0.1, 0.15) is 0 Å². The van der Waals surface area contributed by atoms with Gasteiger partial charge in [0.15, 0.2) is 5.60 Å². The number of rotatable bonds is 2. The summed E-state index contributed by atoms with van der Waals surface area (Å²) in [7, 11) is 0. The van der Waals surface area contributed by atoms with Crippen LogP contribution < -0.4 is 5.32 Å². The van der Waals surface area contributed by atoms with Gasteiger partial charge < -0.3 is 10.1 Å². The Balaban J connectivity index is 1.98. The number of hydrogen-bond donors (Lipinski definition) is 1. The molecule has 1 heterocycles. The van der Waals surface area contributed by atoms with Crippen molar-refractivity contribution in [1.82, 2.24) is 0 Å². The van der Waals surface area contributed by atoms with E-state index in [4.69, 9.17) is 27.9 Å². The Kier molecular flexibility index (Phi) is 3.28. The third kappa shape index (κ3) is 1.71. The number of anilines is 1. The molecular weight excluding hydrogens is 325 g/mol. The first-order valence-electron chi connectivity index (χ1n) is 7.15. The summed E-state index contributed by atoms with van der Waals surface area (Å²) in [6, 6.07) is 4.99. The van der Waals surface area contributed by atoms with Gasteiger partial charge >= 0.3 is 5.97 Å². The summed E-state index contributed by atoms with van der Waals surface area (Å²) in [4.78, 5) is 25.1. The highest BCUT2D eigenvalue weighted by atomic mass is 35.5. The maximum Gasteiger partial charge on any atom is 0.313 e. The number of carbonyl (C=O) groups is 2. The van der Waals surface area contributed by atoms with Gasteiger partial charge in [0.05, 0.1) is 21.1 Å². The molecule has 2 aliphatic rings. The molecule has 2 bridgehead atoms. The molecule has 1 saturated heterocycles. The van der Waals surface area contributed by atoms with Gasteiger partial charge in [0, 0.05) is 5.41 Å². The lowest BCUT2D eigenvalue weighted by atomic mass is 9.66. The van der Waals surface area contributed by atoms with Crippen LogP contribution in [0.3, 0.4) is 0 Å². The molecule has 1 aliphatic carbocycles. The SMILES string of the molecule is CC12CCC(C(=O)Nc3c(Cl)cccc3Cl)(OC1=O)C2(C)C. The first-order chi connectivity index (χ1) is 10.2. The average Bonchev–Trinajstić information content (AvgIpc) is 2.73. The van der Waals surface area contributed by atoms with Crippen molar-refractivity contribution in [3.63, 3.8) is 0 Å². The molecule has 4 nitrogen and oxygen atoms in total. The lowest BCUT2D eigenvalue weighted by Crippen LogP contribution is -2.50. The fourth-order valence-electron chi connectivity index (χ4n) is 3.58. The van der Waals surface area contributed by atoms with Gasteiger partial charge in [-0.2, -0.15) is 0 Å². The van der Waals surface area contributed by atoms with E-state index in [1.165, 1.54) is 0 Å². The van der Waals surface area contributed by atoms with Gasteiger partial charge in [-0.15, -0.1) is 0 Å². The number of halogens is 2. The van der Waals surface area contributed by atoms with E-state index in [1.54, 1.807) is 18.2 Å². The number of ether oxygens (including phenoxy) is 1. The molecule has 1 aliphatic heterocycles. The summed E-state index contributed by atoms with van der Waals surface area (Å²) in [5.74, 6) is -0.689. The van der Waals surface area contributed by atoms with Gasteiger partial charge in [0.2, 0.25) is 0 Å². The molecule has 0 aromatic heterocycles. The van der Waals surface area contributed by atoms with Crippen molar-refractivity contribution in [2.45, 2.75) is 39.2 Å². The third-order valence-electron chi connectivity index (χ3n) is 5.65. The minimum atomic E-state index is -1.18. The minimum Gasteiger partial charge on any atom is -0.448 e. The van der Waals surface area contributed by atoms with Crippen molar-refractivity contribution >= 4 is 40.8 Å². The zero-order valence-corrected chi connectivity index (χ0v) is 14.1. The average molecular weight is 342 g/mol. The number of esters is 1.